The van der Waals surface area contributed by atoms with Crippen LogP contribution in [0.4, 0.5) is 0 Å². The number of methoxy groups -OCH3 is 1. The number of carbonyl (C=O) groups is 1. The van der Waals surface area contributed by atoms with E-state index in [0.717, 1.165) is 28.0 Å². The van der Waals surface area contributed by atoms with Crippen LogP contribution in [-0.2, 0) is 11.8 Å². The Morgan fingerprint density at radius 1 is 1.09 bits per heavy atom. The van der Waals surface area contributed by atoms with Crippen LogP contribution in [0.15, 0.2) is 72.4 Å². The minimum Gasteiger partial charge on any atom is -0.497 e. The summed E-state index contributed by atoms with van der Waals surface area (Å²) in [4.78, 5) is 21.9. The third-order valence-electron chi connectivity index (χ3n) is 5.56. The molecule has 33 heavy (non-hydrogen) atoms. The van der Waals surface area contributed by atoms with Crippen molar-refractivity contribution in [1.29, 1.82) is 0 Å². The molecule has 2 aromatic carbocycles. The number of aromatic nitrogens is 4. The van der Waals surface area contributed by atoms with Gasteiger partial charge < -0.3 is 14.6 Å². The number of imidazole rings is 2. The lowest BCUT2D eigenvalue weighted by molar-refractivity contribution is -0.119. The molecule has 1 amide bonds. The van der Waals surface area contributed by atoms with Gasteiger partial charge >= 0.3 is 0 Å². The van der Waals surface area contributed by atoms with Gasteiger partial charge in [-0.05, 0) is 54.8 Å². The molecule has 1 N–H and O–H groups in total. The Morgan fingerprint density at radius 2 is 1.91 bits per heavy atom. The van der Waals surface area contributed by atoms with E-state index in [-0.39, 0.29) is 11.7 Å². The molecule has 2 heterocycles. The fourth-order valence-corrected chi connectivity index (χ4v) is 4.36. The predicted octanol–water partition coefficient (Wildman–Crippen LogP) is 4.23. The van der Waals surface area contributed by atoms with Crippen molar-refractivity contribution >= 4 is 17.7 Å². The van der Waals surface area contributed by atoms with Crippen molar-refractivity contribution in [1.82, 2.24) is 24.4 Å². The molecule has 4 aromatic rings. The van der Waals surface area contributed by atoms with Crippen molar-refractivity contribution in [2.24, 2.45) is 7.05 Å². The Bertz CT molecular complexity index is 1260. The summed E-state index contributed by atoms with van der Waals surface area (Å²) in [5.74, 6) is 1.60. The van der Waals surface area contributed by atoms with Gasteiger partial charge in [0.1, 0.15) is 17.6 Å². The smallest absolute Gasteiger partial charge is 0.231 e. The Hall–Kier alpha value is -3.52. The maximum Gasteiger partial charge on any atom is 0.231 e. The maximum absolute atomic E-state index is 13.0. The summed E-state index contributed by atoms with van der Waals surface area (Å²) in [5, 5.41) is 3.90. The fraction of sp³-hybridized carbons (Fsp3) is 0.240. The predicted molar refractivity (Wildman–Crippen MR) is 130 cm³/mol. The SMILES string of the molecule is COc1cccc([C@H](NC(=O)CSc2nccn2-c2ccc(C)c(C)c2)c2nccn2C)c1. The first-order chi connectivity index (χ1) is 16.0. The average molecular weight is 462 g/mol. The highest BCUT2D eigenvalue weighted by Gasteiger charge is 2.22. The van der Waals surface area contributed by atoms with Gasteiger partial charge in [-0.2, -0.15) is 0 Å². The zero-order valence-corrected chi connectivity index (χ0v) is 20.0. The second-order valence-corrected chi connectivity index (χ2v) is 8.75. The highest BCUT2D eigenvalue weighted by atomic mass is 32.2. The number of nitrogens with zero attached hydrogens (tertiary/aromatic N) is 4. The Balaban J connectivity index is 1.51. The van der Waals surface area contributed by atoms with Gasteiger partial charge in [0, 0.05) is 37.5 Å². The summed E-state index contributed by atoms with van der Waals surface area (Å²) >= 11 is 1.40. The summed E-state index contributed by atoms with van der Waals surface area (Å²) in [7, 11) is 3.54. The Morgan fingerprint density at radius 3 is 2.64 bits per heavy atom. The Labute approximate surface area is 197 Å². The first-order valence-corrected chi connectivity index (χ1v) is 11.6. The highest BCUT2D eigenvalue weighted by Crippen LogP contribution is 2.26. The maximum atomic E-state index is 13.0. The molecule has 0 bridgehead atoms. The molecule has 7 nitrogen and oxygen atoms in total. The molecular formula is C25H27N5O2S. The standard InChI is InChI=1S/C25H27N5O2S/c1-17-8-9-20(14-18(17)2)30-13-11-27-25(30)33-16-22(31)28-23(24-26-10-12-29(24)3)19-6-5-7-21(15-19)32-4/h5-15,23H,16H2,1-4H3,(H,28,31)/t23-/m0/s1. The number of thioether (sulfide) groups is 1. The summed E-state index contributed by atoms with van der Waals surface area (Å²) in [5.41, 5.74) is 4.39. The van der Waals surface area contributed by atoms with Crippen LogP contribution in [0.3, 0.4) is 0 Å². The molecule has 1 atom stereocenters. The summed E-state index contributed by atoms with van der Waals surface area (Å²) in [6.07, 6.45) is 7.26. The molecule has 2 aromatic heterocycles. The van der Waals surface area contributed by atoms with Crippen LogP contribution in [0.2, 0.25) is 0 Å². The van der Waals surface area contributed by atoms with Gasteiger partial charge in [-0.25, -0.2) is 9.97 Å². The molecule has 4 rings (SSSR count). The van der Waals surface area contributed by atoms with Crippen LogP contribution in [0, 0.1) is 13.8 Å². The van der Waals surface area contributed by atoms with Crippen LogP contribution in [0.5, 0.6) is 5.75 Å². The number of ether oxygens (including phenoxy) is 1. The van der Waals surface area contributed by atoms with Gasteiger partial charge in [0.25, 0.3) is 0 Å². The van der Waals surface area contributed by atoms with Gasteiger partial charge in [0.05, 0.1) is 12.9 Å². The number of carbonyl (C=O) groups excluding carboxylic acids is 1. The lowest BCUT2D eigenvalue weighted by Gasteiger charge is -2.19. The van der Waals surface area contributed by atoms with Crippen molar-refractivity contribution in [2.45, 2.75) is 25.0 Å². The van der Waals surface area contributed by atoms with Crippen LogP contribution < -0.4 is 10.1 Å². The van der Waals surface area contributed by atoms with Gasteiger partial charge in [-0.15, -0.1) is 0 Å². The van der Waals surface area contributed by atoms with Crippen LogP contribution >= 0.6 is 11.8 Å². The van der Waals surface area contributed by atoms with Crippen molar-refractivity contribution in [2.75, 3.05) is 12.9 Å². The summed E-state index contributed by atoms with van der Waals surface area (Å²) in [6.45, 7) is 4.18. The first-order valence-electron chi connectivity index (χ1n) is 10.6. The first kappa shape index (κ1) is 22.7. The van der Waals surface area contributed by atoms with E-state index in [1.165, 1.54) is 22.9 Å². The number of hydrogen-bond donors (Lipinski definition) is 1. The average Bonchev–Trinajstić information content (AvgIpc) is 3.47. The van der Waals surface area contributed by atoms with Crippen LogP contribution in [0.25, 0.3) is 5.69 Å². The van der Waals surface area contributed by atoms with Crippen molar-refractivity contribution < 1.29 is 9.53 Å². The third kappa shape index (κ3) is 5.12. The molecule has 0 saturated carbocycles. The monoisotopic (exact) mass is 461 g/mol. The summed E-state index contributed by atoms with van der Waals surface area (Å²) in [6, 6.07) is 13.6. The van der Waals surface area contributed by atoms with Gasteiger partial charge in [0.2, 0.25) is 5.91 Å². The van der Waals surface area contributed by atoms with Crippen molar-refractivity contribution in [3.05, 3.63) is 89.8 Å². The van der Waals surface area contributed by atoms with Gasteiger partial charge in [-0.1, -0.05) is 30.0 Å². The lowest BCUT2D eigenvalue weighted by atomic mass is 10.1. The van der Waals surface area contributed by atoms with E-state index in [9.17, 15) is 4.79 Å². The topological polar surface area (TPSA) is 74.0 Å². The molecule has 170 valence electrons. The number of aryl methyl sites for hydroxylation is 3. The molecule has 0 saturated heterocycles. The minimum absolute atomic E-state index is 0.106. The molecule has 8 heteroatoms. The number of benzene rings is 2. The van der Waals surface area contributed by atoms with E-state index < -0.39 is 6.04 Å². The number of hydrogen-bond acceptors (Lipinski definition) is 5. The van der Waals surface area contributed by atoms with E-state index in [1.54, 1.807) is 19.5 Å². The molecule has 0 aliphatic rings. The molecule has 0 aliphatic carbocycles. The highest BCUT2D eigenvalue weighted by molar-refractivity contribution is 7.99. The molecule has 0 spiro atoms. The zero-order chi connectivity index (χ0) is 23.4. The number of nitrogens with one attached hydrogen (secondary N) is 1. The lowest BCUT2D eigenvalue weighted by Crippen LogP contribution is -2.32. The van der Waals surface area contributed by atoms with Crippen LogP contribution in [0.1, 0.15) is 28.6 Å². The molecule has 0 radical (unpaired) electrons. The summed E-state index contributed by atoms with van der Waals surface area (Å²) < 4.78 is 9.28. The second kappa shape index (κ2) is 9.95. The molecule has 0 fully saturated rings. The van der Waals surface area contributed by atoms with E-state index in [2.05, 4.69) is 47.3 Å². The number of rotatable bonds is 8. The molecular weight excluding hydrogens is 434 g/mol. The Kier molecular flexibility index (Phi) is 6.84. The second-order valence-electron chi connectivity index (χ2n) is 7.81. The van der Waals surface area contributed by atoms with Gasteiger partial charge in [0.15, 0.2) is 5.16 Å². The minimum atomic E-state index is -0.396. The normalized spacial score (nSPS) is 11.9. The fourth-order valence-electron chi connectivity index (χ4n) is 3.57. The zero-order valence-electron chi connectivity index (χ0n) is 19.1. The van der Waals surface area contributed by atoms with Gasteiger partial charge in [-0.3, -0.25) is 9.36 Å². The quantitative estimate of drug-likeness (QED) is 0.398. The largest absolute Gasteiger partial charge is 0.497 e. The van der Waals surface area contributed by atoms with Crippen molar-refractivity contribution in [3.8, 4) is 11.4 Å². The van der Waals surface area contributed by atoms with Crippen LogP contribution in [-0.4, -0.2) is 37.9 Å². The molecule has 0 unspecified atom stereocenters. The third-order valence-corrected chi connectivity index (χ3v) is 6.52. The van der Waals surface area contributed by atoms with E-state index >= 15 is 0 Å². The van der Waals surface area contributed by atoms with Crippen molar-refractivity contribution in [3.63, 3.8) is 0 Å². The van der Waals surface area contributed by atoms with E-state index in [4.69, 9.17) is 4.74 Å². The van der Waals surface area contributed by atoms with E-state index in [1.807, 2.05) is 52.8 Å². The number of amides is 1. The molecule has 0 aliphatic heterocycles. The van der Waals surface area contributed by atoms with E-state index in [0.29, 0.717) is 0 Å².